The monoisotopic (exact) mass is 335 g/mol. The molecule has 0 amide bonds. The fraction of sp³-hybridized carbons (Fsp3) is 0.0588. The van der Waals surface area contributed by atoms with E-state index in [2.05, 4.69) is 18.2 Å². The smallest absolute Gasteiger partial charge is 0.147 e. The SMILES string of the molecule is C1=CC[C]([Ti]([O]c2ccccc2)[O]c2ccccc2)=C1.Cl. The van der Waals surface area contributed by atoms with Gasteiger partial charge in [0.1, 0.15) is 0 Å². The Morgan fingerprint density at radius 1 is 0.762 bits per heavy atom. The summed E-state index contributed by atoms with van der Waals surface area (Å²) < 4.78 is 13.6. The van der Waals surface area contributed by atoms with Crippen LogP contribution in [0.1, 0.15) is 6.42 Å². The van der Waals surface area contributed by atoms with E-state index in [0.717, 1.165) is 17.9 Å². The van der Waals surface area contributed by atoms with E-state index in [1.807, 2.05) is 60.7 Å². The third-order valence-electron chi connectivity index (χ3n) is 2.94. The van der Waals surface area contributed by atoms with Crippen LogP contribution >= 0.6 is 12.4 Å². The molecule has 0 fully saturated rings. The van der Waals surface area contributed by atoms with Gasteiger partial charge in [-0.3, -0.25) is 0 Å². The van der Waals surface area contributed by atoms with Crippen molar-refractivity contribution in [1.82, 2.24) is 0 Å². The zero-order valence-corrected chi connectivity index (χ0v) is 13.8. The number of hydrogen-bond donors (Lipinski definition) is 0. The number of benzene rings is 2. The van der Waals surface area contributed by atoms with Gasteiger partial charge in [0.15, 0.2) is 0 Å². The van der Waals surface area contributed by atoms with Crippen LogP contribution in [-0.4, -0.2) is 0 Å². The minimum atomic E-state index is -2.25. The van der Waals surface area contributed by atoms with E-state index in [-0.39, 0.29) is 12.4 Å². The molecule has 0 radical (unpaired) electrons. The maximum atomic E-state index is 6.14. The second-order valence-corrected chi connectivity index (χ2v) is 6.98. The third kappa shape index (κ3) is 4.50. The van der Waals surface area contributed by atoms with Crippen LogP contribution in [0, 0.1) is 0 Å². The van der Waals surface area contributed by atoms with Crippen molar-refractivity contribution in [3.8, 4) is 11.5 Å². The molecule has 0 spiro atoms. The Morgan fingerprint density at radius 2 is 1.29 bits per heavy atom. The van der Waals surface area contributed by atoms with Crippen LogP contribution in [-0.2, 0) is 18.6 Å². The summed E-state index contributed by atoms with van der Waals surface area (Å²) >= 11 is -2.25. The summed E-state index contributed by atoms with van der Waals surface area (Å²) in [6, 6.07) is 19.8. The Balaban J connectivity index is 0.00000161. The van der Waals surface area contributed by atoms with Crippen molar-refractivity contribution in [3.63, 3.8) is 0 Å². The molecule has 2 aromatic rings. The van der Waals surface area contributed by atoms with E-state index in [1.54, 1.807) is 0 Å². The van der Waals surface area contributed by atoms with Crippen LogP contribution in [0.25, 0.3) is 0 Å². The number of allylic oxidation sites excluding steroid dienone is 4. The minimum absolute atomic E-state index is 0. The average molecular weight is 336 g/mol. The fourth-order valence-corrected chi connectivity index (χ4v) is 4.32. The zero-order valence-electron chi connectivity index (χ0n) is 11.4. The van der Waals surface area contributed by atoms with Crippen LogP contribution in [0.3, 0.4) is 0 Å². The van der Waals surface area contributed by atoms with E-state index in [4.69, 9.17) is 6.64 Å². The van der Waals surface area contributed by atoms with Gasteiger partial charge in [-0.1, -0.05) is 0 Å². The first-order valence-corrected chi connectivity index (χ1v) is 8.66. The van der Waals surface area contributed by atoms with E-state index >= 15 is 0 Å². The summed E-state index contributed by atoms with van der Waals surface area (Å²) in [5.41, 5.74) is 0. The van der Waals surface area contributed by atoms with E-state index < -0.39 is 18.6 Å². The van der Waals surface area contributed by atoms with Crippen molar-refractivity contribution in [2.45, 2.75) is 6.42 Å². The van der Waals surface area contributed by atoms with Gasteiger partial charge in [-0.05, 0) is 0 Å². The molecule has 0 bridgehead atoms. The van der Waals surface area contributed by atoms with Gasteiger partial charge in [0.2, 0.25) is 0 Å². The molecular weight excluding hydrogens is 320 g/mol. The first-order valence-electron chi connectivity index (χ1n) is 6.61. The Hall–Kier alpha value is -1.48. The van der Waals surface area contributed by atoms with Gasteiger partial charge in [0.25, 0.3) is 0 Å². The summed E-state index contributed by atoms with van der Waals surface area (Å²) in [6.07, 6.45) is 7.28. The predicted molar refractivity (Wildman–Crippen MR) is 83.2 cm³/mol. The number of para-hydroxylation sites is 2. The molecule has 0 N–H and O–H groups in total. The van der Waals surface area contributed by atoms with Crippen molar-refractivity contribution in [2.24, 2.45) is 0 Å². The van der Waals surface area contributed by atoms with E-state index in [0.29, 0.717) is 0 Å². The van der Waals surface area contributed by atoms with Crippen molar-refractivity contribution in [1.29, 1.82) is 0 Å². The summed E-state index contributed by atoms with van der Waals surface area (Å²) in [6.45, 7) is 0. The van der Waals surface area contributed by atoms with Crippen LogP contribution in [0.2, 0.25) is 0 Å². The molecule has 0 heterocycles. The molecule has 2 nitrogen and oxygen atoms in total. The van der Waals surface area contributed by atoms with Gasteiger partial charge >= 0.3 is 126 Å². The maximum Gasteiger partial charge on any atom is -0.147 e. The van der Waals surface area contributed by atoms with E-state index in [1.165, 1.54) is 3.88 Å². The van der Waals surface area contributed by atoms with Crippen LogP contribution < -0.4 is 6.64 Å². The Labute approximate surface area is 138 Å². The maximum absolute atomic E-state index is 6.14. The molecule has 0 saturated heterocycles. The largest absolute Gasteiger partial charge is 0.147 e. The van der Waals surface area contributed by atoms with Gasteiger partial charge in [-0.2, -0.15) is 0 Å². The standard InChI is InChI=1S/2C6H6O.C5H5.ClH.Ti/c2*7-6-4-2-1-3-5-6;1-2-4-5-3-1;;/h2*1-5,7H;1-3H,4H2;1H;/q;;;;+2/p-2. The average Bonchev–Trinajstić information content (AvgIpc) is 3.03. The molecule has 0 atom stereocenters. The molecule has 21 heavy (non-hydrogen) atoms. The number of hydrogen-bond acceptors (Lipinski definition) is 2. The molecule has 0 unspecified atom stereocenters. The summed E-state index contributed by atoms with van der Waals surface area (Å²) in [5, 5.41) is 0. The van der Waals surface area contributed by atoms with Crippen molar-refractivity contribution < 1.29 is 25.3 Å². The molecule has 0 saturated carbocycles. The van der Waals surface area contributed by atoms with Crippen LogP contribution in [0.15, 0.2) is 82.8 Å². The third-order valence-corrected chi connectivity index (χ3v) is 5.65. The van der Waals surface area contributed by atoms with Crippen molar-refractivity contribution >= 4 is 12.4 Å². The second kappa shape index (κ2) is 8.09. The number of halogens is 1. The summed E-state index contributed by atoms with van der Waals surface area (Å²) in [7, 11) is 0. The minimum Gasteiger partial charge on any atom is -0.147 e. The van der Waals surface area contributed by atoms with Crippen LogP contribution in [0.5, 0.6) is 11.5 Å². The fourth-order valence-electron chi connectivity index (χ4n) is 1.94. The quantitative estimate of drug-likeness (QED) is 0.727. The van der Waals surface area contributed by atoms with Gasteiger partial charge in [-0.15, -0.1) is 12.4 Å². The topological polar surface area (TPSA) is 18.5 Å². The predicted octanol–water partition coefficient (Wildman–Crippen LogP) is 4.86. The van der Waals surface area contributed by atoms with Gasteiger partial charge < -0.3 is 0 Å². The molecule has 4 heteroatoms. The van der Waals surface area contributed by atoms with Gasteiger partial charge in [0, 0.05) is 0 Å². The molecular formula is C17H16ClO2Ti. The molecule has 0 aliphatic heterocycles. The molecule has 1 aliphatic rings. The molecule has 3 rings (SSSR count). The Morgan fingerprint density at radius 3 is 1.71 bits per heavy atom. The molecule has 107 valence electrons. The van der Waals surface area contributed by atoms with E-state index in [9.17, 15) is 0 Å². The normalized spacial score (nSPS) is 12.3. The Bertz CT molecular complexity index is 570. The first kappa shape index (κ1) is 15.9. The molecule has 1 aliphatic carbocycles. The second-order valence-electron chi connectivity index (χ2n) is 4.44. The summed E-state index contributed by atoms with van der Waals surface area (Å²) in [5.74, 6) is 1.76. The summed E-state index contributed by atoms with van der Waals surface area (Å²) in [4.78, 5) is 0. The van der Waals surface area contributed by atoms with Gasteiger partial charge in [-0.25, -0.2) is 0 Å². The number of rotatable bonds is 5. The van der Waals surface area contributed by atoms with Crippen molar-refractivity contribution in [3.05, 3.63) is 82.8 Å². The van der Waals surface area contributed by atoms with Crippen LogP contribution in [0.4, 0.5) is 0 Å². The zero-order chi connectivity index (χ0) is 13.6. The van der Waals surface area contributed by atoms with Crippen molar-refractivity contribution in [2.75, 3.05) is 0 Å². The molecule has 0 aromatic heterocycles. The van der Waals surface area contributed by atoms with Gasteiger partial charge in [0.05, 0.1) is 0 Å². The Kier molecular flexibility index (Phi) is 6.12. The molecule has 2 aromatic carbocycles. The first-order chi connectivity index (χ1) is 9.92.